The number of sulfonamides is 1. The first-order valence-corrected chi connectivity index (χ1v) is 7.93. The summed E-state index contributed by atoms with van der Waals surface area (Å²) in [5.41, 5.74) is 0.599. The third-order valence-corrected chi connectivity index (χ3v) is 4.74. The van der Waals surface area contributed by atoms with Crippen LogP contribution in [0.5, 0.6) is 5.75 Å². The first-order valence-electron chi connectivity index (χ1n) is 6.44. The van der Waals surface area contributed by atoms with Gasteiger partial charge in [0.2, 0.25) is 10.0 Å². The van der Waals surface area contributed by atoms with Crippen molar-refractivity contribution in [3.63, 3.8) is 0 Å². The second kappa shape index (κ2) is 6.53. The molecule has 20 heavy (non-hydrogen) atoms. The van der Waals surface area contributed by atoms with Gasteiger partial charge in [0.05, 0.1) is 20.3 Å². The highest BCUT2D eigenvalue weighted by atomic mass is 32.2. The summed E-state index contributed by atoms with van der Waals surface area (Å²) in [6.45, 7) is 0.892. The molecule has 1 unspecified atom stereocenters. The lowest BCUT2D eigenvalue weighted by Gasteiger charge is -2.23. The Bertz CT molecular complexity index is 552. The van der Waals surface area contributed by atoms with Crippen molar-refractivity contribution >= 4 is 10.0 Å². The van der Waals surface area contributed by atoms with E-state index >= 15 is 0 Å². The van der Waals surface area contributed by atoms with Crippen LogP contribution in [0.4, 0.5) is 0 Å². The highest BCUT2D eigenvalue weighted by Gasteiger charge is 2.25. The maximum atomic E-state index is 12.4. The largest absolute Gasteiger partial charge is 0.495 e. The van der Waals surface area contributed by atoms with E-state index < -0.39 is 10.0 Å². The Kier molecular flexibility index (Phi) is 4.98. The monoisotopic (exact) mass is 301 g/mol. The molecule has 2 N–H and O–H groups in total. The molecule has 1 saturated heterocycles. The molecule has 1 aromatic carbocycles. The maximum absolute atomic E-state index is 12.4. The lowest BCUT2D eigenvalue weighted by Crippen LogP contribution is -2.40. The molecular weight excluding hydrogens is 282 g/mol. The zero-order valence-corrected chi connectivity index (χ0v) is 12.1. The van der Waals surface area contributed by atoms with Crippen molar-refractivity contribution in [1.82, 2.24) is 4.72 Å². The molecule has 112 valence electrons. The summed E-state index contributed by atoms with van der Waals surface area (Å²) in [4.78, 5) is 0.0720. The Morgan fingerprint density at radius 1 is 1.50 bits per heavy atom. The van der Waals surface area contributed by atoms with Crippen LogP contribution in [0.25, 0.3) is 0 Å². The molecule has 1 fully saturated rings. The van der Waals surface area contributed by atoms with Gasteiger partial charge in [0.25, 0.3) is 0 Å². The van der Waals surface area contributed by atoms with Crippen molar-refractivity contribution in [3.8, 4) is 5.75 Å². The molecule has 0 saturated carbocycles. The number of aliphatic hydroxyl groups excluding tert-OH is 1. The molecule has 0 bridgehead atoms. The second-order valence-electron chi connectivity index (χ2n) is 4.68. The second-order valence-corrected chi connectivity index (χ2v) is 6.36. The molecule has 0 aliphatic carbocycles. The third kappa shape index (κ3) is 3.49. The number of benzene rings is 1. The lowest BCUT2D eigenvalue weighted by atomic mass is 10.1. The van der Waals surface area contributed by atoms with Crippen LogP contribution in [0.15, 0.2) is 23.1 Å². The van der Waals surface area contributed by atoms with Crippen LogP contribution < -0.4 is 9.46 Å². The van der Waals surface area contributed by atoms with Gasteiger partial charge in [0, 0.05) is 12.6 Å². The van der Waals surface area contributed by atoms with Gasteiger partial charge in [-0.2, -0.15) is 0 Å². The number of aliphatic hydroxyl groups is 1. The highest BCUT2D eigenvalue weighted by Crippen LogP contribution is 2.25. The predicted molar refractivity (Wildman–Crippen MR) is 73.1 cm³/mol. The van der Waals surface area contributed by atoms with Crippen molar-refractivity contribution in [2.75, 3.05) is 20.3 Å². The summed E-state index contributed by atoms with van der Waals surface area (Å²) in [7, 11) is -2.26. The number of rotatable bonds is 5. The minimum atomic E-state index is -3.66. The van der Waals surface area contributed by atoms with E-state index in [0.29, 0.717) is 18.8 Å². The fraction of sp³-hybridized carbons (Fsp3) is 0.538. The van der Waals surface area contributed by atoms with E-state index in [2.05, 4.69) is 4.72 Å². The molecular formula is C13H19NO5S. The van der Waals surface area contributed by atoms with E-state index in [4.69, 9.17) is 14.6 Å². The minimum Gasteiger partial charge on any atom is -0.495 e. The zero-order valence-electron chi connectivity index (χ0n) is 11.3. The fourth-order valence-corrected chi connectivity index (χ4v) is 3.55. The molecule has 0 radical (unpaired) electrons. The summed E-state index contributed by atoms with van der Waals surface area (Å²) in [5, 5.41) is 9.08. The minimum absolute atomic E-state index is 0.0720. The summed E-state index contributed by atoms with van der Waals surface area (Å²) in [6, 6.07) is 4.31. The number of hydrogen-bond donors (Lipinski definition) is 2. The maximum Gasteiger partial charge on any atom is 0.244 e. The SMILES string of the molecule is COc1cc(CO)ccc1S(=O)(=O)NC1CCCOC1. The summed E-state index contributed by atoms with van der Waals surface area (Å²) < 4.78 is 37.7. The molecule has 6 nitrogen and oxygen atoms in total. The van der Waals surface area contributed by atoms with Gasteiger partial charge in [-0.05, 0) is 30.5 Å². The zero-order chi connectivity index (χ0) is 14.6. The normalized spacial score (nSPS) is 19.8. The van der Waals surface area contributed by atoms with Gasteiger partial charge in [-0.25, -0.2) is 13.1 Å². The van der Waals surface area contributed by atoms with Gasteiger partial charge in [-0.3, -0.25) is 0 Å². The molecule has 1 aliphatic rings. The number of ether oxygens (including phenoxy) is 2. The van der Waals surface area contributed by atoms with E-state index in [1.807, 2.05) is 0 Å². The molecule has 0 aromatic heterocycles. The van der Waals surface area contributed by atoms with Crippen molar-refractivity contribution < 1.29 is 23.0 Å². The van der Waals surface area contributed by atoms with Gasteiger partial charge < -0.3 is 14.6 Å². The van der Waals surface area contributed by atoms with Gasteiger partial charge >= 0.3 is 0 Å². The van der Waals surface area contributed by atoms with E-state index in [-0.39, 0.29) is 23.3 Å². The summed E-state index contributed by atoms with van der Waals surface area (Å²) in [6.07, 6.45) is 1.60. The molecule has 7 heteroatoms. The Hall–Kier alpha value is -1.15. The Balaban J connectivity index is 2.24. The van der Waals surface area contributed by atoms with Gasteiger partial charge in [-0.15, -0.1) is 0 Å². The first kappa shape index (κ1) is 15.2. The number of methoxy groups -OCH3 is 1. The molecule has 0 amide bonds. The van der Waals surface area contributed by atoms with Crippen molar-refractivity contribution in [3.05, 3.63) is 23.8 Å². The average molecular weight is 301 g/mol. The smallest absolute Gasteiger partial charge is 0.244 e. The quantitative estimate of drug-likeness (QED) is 0.834. The standard InChI is InChI=1S/C13H19NO5S/c1-18-12-7-10(8-15)4-5-13(12)20(16,17)14-11-3-2-6-19-9-11/h4-5,7,11,14-15H,2-3,6,8-9H2,1H3. The van der Waals surface area contributed by atoms with Crippen LogP contribution in [0.1, 0.15) is 18.4 Å². The van der Waals surface area contributed by atoms with E-state index in [0.717, 1.165) is 12.8 Å². The summed E-state index contributed by atoms with van der Waals surface area (Å²) >= 11 is 0. The Morgan fingerprint density at radius 2 is 2.30 bits per heavy atom. The molecule has 0 spiro atoms. The van der Waals surface area contributed by atoms with E-state index in [1.54, 1.807) is 6.07 Å². The van der Waals surface area contributed by atoms with Crippen LogP contribution in [-0.2, 0) is 21.4 Å². The third-order valence-electron chi connectivity index (χ3n) is 3.18. The highest BCUT2D eigenvalue weighted by molar-refractivity contribution is 7.89. The van der Waals surface area contributed by atoms with Gasteiger partial charge in [0.1, 0.15) is 10.6 Å². The Morgan fingerprint density at radius 3 is 2.90 bits per heavy atom. The van der Waals surface area contributed by atoms with E-state index in [9.17, 15) is 8.42 Å². The topological polar surface area (TPSA) is 84.9 Å². The molecule has 1 aromatic rings. The van der Waals surface area contributed by atoms with Crippen molar-refractivity contribution in [2.24, 2.45) is 0 Å². The van der Waals surface area contributed by atoms with Crippen LogP contribution in [0, 0.1) is 0 Å². The average Bonchev–Trinajstić information content (AvgIpc) is 2.47. The van der Waals surface area contributed by atoms with Crippen LogP contribution >= 0.6 is 0 Å². The molecule has 1 aliphatic heterocycles. The predicted octanol–water partition coefficient (Wildman–Crippen LogP) is 0.645. The lowest BCUT2D eigenvalue weighted by molar-refractivity contribution is 0.0774. The van der Waals surface area contributed by atoms with Gasteiger partial charge in [0.15, 0.2) is 0 Å². The van der Waals surface area contributed by atoms with Crippen LogP contribution in [-0.4, -0.2) is 39.9 Å². The molecule has 2 rings (SSSR count). The van der Waals surface area contributed by atoms with Gasteiger partial charge in [-0.1, -0.05) is 6.07 Å². The van der Waals surface area contributed by atoms with Crippen LogP contribution in [0.2, 0.25) is 0 Å². The number of nitrogens with one attached hydrogen (secondary N) is 1. The van der Waals surface area contributed by atoms with Crippen molar-refractivity contribution in [2.45, 2.75) is 30.4 Å². The fourth-order valence-electron chi connectivity index (χ4n) is 2.15. The van der Waals surface area contributed by atoms with Crippen molar-refractivity contribution in [1.29, 1.82) is 0 Å². The number of hydrogen-bond acceptors (Lipinski definition) is 5. The first-order chi connectivity index (χ1) is 9.56. The van der Waals surface area contributed by atoms with E-state index in [1.165, 1.54) is 19.2 Å². The molecule has 1 heterocycles. The summed E-state index contributed by atoms with van der Waals surface area (Å²) in [5.74, 6) is 0.223. The molecule has 1 atom stereocenters. The van der Waals surface area contributed by atoms with Crippen LogP contribution in [0.3, 0.4) is 0 Å². The Labute approximate surface area is 118 Å².